The van der Waals surface area contributed by atoms with E-state index in [2.05, 4.69) is 32.6 Å². The minimum atomic E-state index is 1.10. The Balaban J connectivity index is 2.80. The first-order valence-corrected chi connectivity index (χ1v) is 4.98. The Hall–Kier alpha value is -0.791. The van der Waals surface area contributed by atoms with Gasteiger partial charge < -0.3 is 0 Å². The number of para-hydroxylation sites is 1. The van der Waals surface area contributed by atoms with Crippen molar-refractivity contribution in [1.29, 1.82) is 0 Å². The third-order valence-corrected chi connectivity index (χ3v) is 3.15. The van der Waals surface area contributed by atoms with Crippen molar-refractivity contribution >= 4 is 25.9 Å². The van der Waals surface area contributed by atoms with E-state index in [0.717, 1.165) is 4.67 Å². The van der Waals surface area contributed by atoms with E-state index in [1.54, 1.807) is 0 Å². The molecule has 0 bridgehead atoms. The van der Waals surface area contributed by atoms with E-state index in [1.807, 2.05) is 44.2 Å². The van der Waals surface area contributed by atoms with E-state index in [-0.39, 0.29) is 0 Å². The molecule has 0 aliphatic heterocycles. The van der Waals surface area contributed by atoms with Crippen LogP contribution >= 0.6 is 0 Å². The molecule has 0 unspecified atom stereocenters. The van der Waals surface area contributed by atoms with Crippen LogP contribution < -0.4 is 4.90 Å². The normalized spacial score (nSPS) is 9.46. The molecule has 2 nitrogen and oxygen atoms in total. The van der Waals surface area contributed by atoms with Gasteiger partial charge in [0.15, 0.2) is 0 Å². The molecule has 1 aromatic rings. The summed E-state index contributed by atoms with van der Waals surface area (Å²) in [5.41, 5.74) is 1.19. The summed E-state index contributed by atoms with van der Waals surface area (Å²) in [5, 5.41) is 0. The average molecular weight is 241 g/mol. The van der Waals surface area contributed by atoms with Crippen molar-refractivity contribution in [3.05, 3.63) is 30.3 Å². The Morgan fingerprint density at radius 1 is 1.08 bits per heavy atom. The van der Waals surface area contributed by atoms with Gasteiger partial charge in [-0.05, 0) is 0 Å². The molecule has 0 radical (unpaired) electrons. The zero-order chi connectivity index (χ0) is 9.84. The van der Waals surface area contributed by atoms with Crippen molar-refractivity contribution in [2.45, 2.75) is 0 Å². The van der Waals surface area contributed by atoms with Gasteiger partial charge in [0, 0.05) is 0 Å². The summed E-state index contributed by atoms with van der Waals surface area (Å²) < 4.78 is 1.10. The molecular formula is C10H14N2Se. The van der Waals surface area contributed by atoms with Crippen LogP contribution in [0.15, 0.2) is 30.3 Å². The van der Waals surface area contributed by atoms with Gasteiger partial charge in [-0.3, -0.25) is 0 Å². The molecule has 0 aliphatic rings. The molecule has 0 spiro atoms. The molecule has 0 aromatic heterocycles. The van der Waals surface area contributed by atoms with Crippen LogP contribution in [0.3, 0.4) is 0 Å². The molecule has 3 heteroatoms. The van der Waals surface area contributed by atoms with Crippen LogP contribution in [0.2, 0.25) is 0 Å². The molecule has 0 aliphatic carbocycles. The Morgan fingerprint density at radius 2 is 1.62 bits per heavy atom. The first-order chi connectivity index (χ1) is 6.13. The van der Waals surface area contributed by atoms with Crippen molar-refractivity contribution in [2.24, 2.45) is 0 Å². The van der Waals surface area contributed by atoms with E-state index in [4.69, 9.17) is 0 Å². The Morgan fingerprint density at radius 3 is 2.08 bits per heavy atom. The number of nitrogens with zero attached hydrogens (tertiary/aromatic N) is 2. The van der Waals surface area contributed by atoms with Gasteiger partial charge in [-0.15, -0.1) is 0 Å². The predicted octanol–water partition coefficient (Wildman–Crippen LogP) is 0.940. The van der Waals surface area contributed by atoms with Crippen molar-refractivity contribution < 1.29 is 0 Å². The molecule has 0 heterocycles. The molecule has 1 aromatic carbocycles. The second-order valence-electron chi connectivity index (χ2n) is 3.07. The quantitative estimate of drug-likeness (QED) is 0.727. The van der Waals surface area contributed by atoms with Gasteiger partial charge in [0.2, 0.25) is 0 Å². The number of hydrogen-bond acceptors (Lipinski definition) is 2. The van der Waals surface area contributed by atoms with Crippen molar-refractivity contribution in [2.75, 3.05) is 26.0 Å². The molecule has 0 amide bonds. The van der Waals surface area contributed by atoms with Crippen LogP contribution in [0.5, 0.6) is 0 Å². The molecule has 70 valence electrons. The van der Waals surface area contributed by atoms with Crippen LogP contribution in [0.4, 0.5) is 5.69 Å². The number of rotatable bonds is 3. The summed E-state index contributed by atoms with van der Waals surface area (Å²) in [6.07, 6.45) is 0. The van der Waals surface area contributed by atoms with Crippen LogP contribution in [-0.4, -0.2) is 46.3 Å². The zero-order valence-electron chi connectivity index (χ0n) is 8.19. The number of benzene rings is 1. The average Bonchev–Trinajstić information content (AvgIpc) is 2.17. The minimum absolute atomic E-state index is 1.10. The van der Waals surface area contributed by atoms with Crippen LogP contribution in [-0.2, 0) is 0 Å². The van der Waals surface area contributed by atoms with Gasteiger partial charge in [0.25, 0.3) is 0 Å². The zero-order valence-corrected chi connectivity index (χ0v) is 9.90. The van der Waals surface area contributed by atoms with Crippen LogP contribution in [0, 0.1) is 0 Å². The van der Waals surface area contributed by atoms with Crippen molar-refractivity contribution in [1.82, 2.24) is 4.90 Å². The predicted molar refractivity (Wildman–Crippen MR) is 59.3 cm³/mol. The molecule has 1 rings (SSSR count). The summed E-state index contributed by atoms with van der Waals surface area (Å²) >= 11 is 3.04. The van der Waals surface area contributed by atoms with E-state index < -0.39 is 0 Å². The fourth-order valence-electron chi connectivity index (χ4n) is 1.06. The number of anilines is 1. The van der Waals surface area contributed by atoms with Gasteiger partial charge in [0.05, 0.1) is 0 Å². The van der Waals surface area contributed by atoms with Gasteiger partial charge in [-0.2, -0.15) is 0 Å². The third-order valence-electron chi connectivity index (χ3n) is 1.81. The van der Waals surface area contributed by atoms with E-state index in [1.165, 1.54) is 5.69 Å². The van der Waals surface area contributed by atoms with Crippen molar-refractivity contribution in [3.8, 4) is 0 Å². The molecule has 0 saturated carbocycles. The van der Waals surface area contributed by atoms with E-state index in [0.29, 0.717) is 0 Å². The maximum absolute atomic E-state index is 3.04. The molecule has 13 heavy (non-hydrogen) atoms. The second kappa shape index (κ2) is 4.45. The van der Waals surface area contributed by atoms with Gasteiger partial charge in [0.1, 0.15) is 0 Å². The summed E-state index contributed by atoms with van der Waals surface area (Å²) in [6, 6.07) is 10.3. The van der Waals surface area contributed by atoms with Gasteiger partial charge in [-0.1, -0.05) is 0 Å². The third kappa shape index (κ3) is 2.58. The summed E-state index contributed by atoms with van der Waals surface area (Å²) in [7, 11) is 6.08. The maximum atomic E-state index is 3.04. The molecule has 0 saturated heterocycles. The molecule has 0 fully saturated rings. The SMILES string of the molecule is CN(C)C(=[Se])N(C)c1ccccc1. The first kappa shape index (κ1) is 10.3. The Kier molecular flexibility index (Phi) is 3.52. The summed E-state index contributed by atoms with van der Waals surface area (Å²) in [4.78, 5) is 4.16. The van der Waals surface area contributed by atoms with Gasteiger partial charge >= 0.3 is 87.2 Å². The van der Waals surface area contributed by atoms with Crippen LogP contribution in [0.1, 0.15) is 0 Å². The second-order valence-corrected chi connectivity index (χ2v) is 3.84. The van der Waals surface area contributed by atoms with Gasteiger partial charge in [-0.25, -0.2) is 0 Å². The Bertz CT molecular complexity index is 282. The monoisotopic (exact) mass is 242 g/mol. The first-order valence-electron chi connectivity index (χ1n) is 4.13. The molecule has 0 atom stereocenters. The summed E-state index contributed by atoms with van der Waals surface area (Å²) in [5.74, 6) is 0. The summed E-state index contributed by atoms with van der Waals surface area (Å²) in [6.45, 7) is 0. The Labute approximate surface area is 87.5 Å². The van der Waals surface area contributed by atoms with E-state index in [9.17, 15) is 0 Å². The van der Waals surface area contributed by atoms with Crippen LogP contribution in [0.25, 0.3) is 0 Å². The molecular weight excluding hydrogens is 227 g/mol. The standard InChI is InChI=1S/C10H14N2Se/c1-11(2)10(13)12(3)9-7-5-4-6-8-9/h4-8H,1-3H3. The fourth-order valence-corrected chi connectivity index (χ4v) is 1.28. The van der Waals surface area contributed by atoms with E-state index >= 15 is 0 Å². The molecule has 0 N–H and O–H groups in total. The van der Waals surface area contributed by atoms with Crippen molar-refractivity contribution in [3.63, 3.8) is 0 Å². The fraction of sp³-hybridized carbons (Fsp3) is 0.300. The number of hydrogen-bond donors (Lipinski definition) is 0. The topological polar surface area (TPSA) is 6.48 Å².